The number of carbonyl (C=O) groups is 2. The van der Waals surface area contributed by atoms with Gasteiger partial charge in [-0.05, 0) is 12.8 Å². The van der Waals surface area contributed by atoms with E-state index >= 15 is 0 Å². The van der Waals surface area contributed by atoms with E-state index in [1.165, 1.54) is 4.90 Å². The Labute approximate surface area is 89.7 Å². The van der Waals surface area contributed by atoms with E-state index in [9.17, 15) is 9.59 Å². The molecule has 0 saturated carbocycles. The van der Waals surface area contributed by atoms with Crippen molar-refractivity contribution in [3.63, 3.8) is 0 Å². The van der Waals surface area contributed by atoms with Gasteiger partial charge in [0.1, 0.15) is 0 Å². The van der Waals surface area contributed by atoms with Crippen LogP contribution in [0.25, 0.3) is 0 Å². The van der Waals surface area contributed by atoms with Crippen molar-refractivity contribution in [3.8, 4) is 0 Å². The third-order valence-corrected chi connectivity index (χ3v) is 2.15. The number of carbonyl (C=O) groups excluding carboxylic acids is 1. The molecule has 0 saturated heterocycles. The second-order valence-corrected chi connectivity index (χ2v) is 3.60. The van der Waals surface area contributed by atoms with Gasteiger partial charge in [0.05, 0.1) is 6.61 Å². The molecule has 0 aliphatic heterocycles. The number of nitrogens with zero attached hydrogens (tertiary/aromatic N) is 1. The Morgan fingerprint density at radius 1 is 1.33 bits per heavy atom. The van der Waals surface area contributed by atoms with Gasteiger partial charge in [0, 0.05) is 25.9 Å². The van der Waals surface area contributed by atoms with Crippen LogP contribution in [0.1, 0.15) is 26.7 Å². The van der Waals surface area contributed by atoms with Crippen LogP contribution in [-0.2, 0) is 9.59 Å². The molecule has 0 heterocycles. The number of carboxylic acid groups (broad SMARTS) is 1. The average molecular weight is 217 g/mol. The predicted octanol–water partition coefficient (Wildman–Crippen LogP) is 0.328. The minimum atomic E-state index is -0.888. The molecule has 1 atom stereocenters. The van der Waals surface area contributed by atoms with Crippen LogP contribution in [0.15, 0.2) is 0 Å². The van der Waals surface area contributed by atoms with Crippen LogP contribution in [0.2, 0.25) is 0 Å². The summed E-state index contributed by atoms with van der Waals surface area (Å²) in [6.45, 7) is 4.36. The van der Waals surface area contributed by atoms with Gasteiger partial charge in [-0.2, -0.15) is 0 Å². The average Bonchev–Trinajstić information content (AvgIpc) is 2.12. The van der Waals surface area contributed by atoms with Gasteiger partial charge < -0.3 is 15.1 Å². The van der Waals surface area contributed by atoms with Gasteiger partial charge in [0.2, 0.25) is 5.91 Å². The smallest absolute Gasteiger partial charge is 0.303 e. The molecule has 0 aliphatic rings. The van der Waals surface area contributed by atoms with Gasteiger partial charge in [-0.25, -0.2) is 0 Å². The van der Waals surface area contributed by atoms with Gasteiger partial charge in [0.25, 0.3) is 0 Å². The minimum absolute atomic E-state index is 0.00240. The van der Waals surface area contributed by atoms with Crippen molar-refractivity contribution in [2.45, 2.75) is 26.7 Å². The lowest BCUT2D eigenvalue weighted by Crippen LogP contribution is -2.34. The van der Waals surface area contributed by atoms with E-state index in [1.807, 2.05) is 6.92 Å². The maximum Gasteiger partial charge on any atom is 0.303 e. The molecule has 0 fully saturated rings. The molecule has 0 bridgehead atoms. The number of aliphatic hydroxyl groups is 1. The second-order valence-electron chi connectivity index (χ2n) is 3.60. The Kier molecular flexibility index (Phi) is 6.70. The third-order valence-electron chi connectivity index (χ3n) is 2.15. The van der Waals surface area contributed by atoms with E-state index in [1.54, 1.807) is 6.92 Å². The standard InChI is InChI=1S/C10H19NO4/c1-3-11(4-5-12)9(13)6-8(2)7-10(14)15/h8,12H,3-7H2,1-2H3,(H,14,15). The van der Waals surface area contributed by atoms with Crippen LogP contribution < -0.4 is 0 Å². The molecule has 1 amide bonds. The SMILES string of the molecule is CCN(CCO)C(=O)CC(C)CC(=O)O. The maximum atomic E-state index is 11.6. The quantitative estimate of drug-likeness (QED) is 0.644. The van der Waals surface area contributed by atoms with E-state index in [0.717, 1.165) is 0 Å². The third kappa shape index (κ3) is 6.06. The fourth-order valence-electron chi connectivity index (χ4n) is 1.38. The van der Waals surface area contributed by atoms with Crippen LogP contribution >= 0.6 is 0 Å². The monoisotopic (exact) mass is 217 g/mol. The zero-order chi connectivity index (χ0) is 11.8. The van der Waals surface area contributed by atoms with Crippen LogP contribution in [-0.4, -0.2) is 46.7 Å². The zero-order valence-corrected chi connectivity index (χ0v) is 9.27. The summed E-state index contributed by atoms with van der Waals surface area (Å²) in [5.74, 6) is -1.15. The highest BCUT2D eigenvalue weighted by atomic mass is 16.4. The topological polar surface area (TPSA) is 77.8 Å². The fourth-order valence-corrected chi connectivity index (χ4v) is 1.38. The van der Waals surface area contributed by atoms with Crippen molar-refractivity contribution < 1.29 is 19.8 Å². The second kappa shape index (κ2) is 7.23. The molecular formula is C10H19NO4. The number of likely N-dealkylation sites (N-methyl/N-ethyl adjacent to an activating group) is 1. The van der Waals surface area contributed by atoms with E-state index in [-0.39, 0.29) is 31.3 Å². The molecule has 0 aromatic heterocycles. The van der Waals surface area contributed by atoms with Crippen LogP contribution in [0.4, 0.5) is 0 Å². The lowest BCUT2D eigenvalue weighted by Gasteiger charge is -2.21. The van der Waals surface area contributed by atoms with Crippen molar-refractivity contribution in [2.24, 2.45) is 5.92 Å². The molecule has 0 spiro atoms. The summed E-state index contributed by atoms with van der Waals surface area (Å²) >= 11 is 0. The molecular weight excluding hydrogens is 198 g/mol. The Balaban J connectivity index is 4.03. The largest absolute Gasteiger partial charge is 0.481 e. The number of hydrogen-bond donors (Lipinski definition) is 2. The number of aliphatic carboxylic acids is 1. The van der Waals surface area contributed by atoms with Gasteiger partial charge in [-0.15, -0.1) is 0 Å². The van der Waals surface area contributed by atoms with Crippen molar-refractivity contribution in [1.29, 1.82) is 0 Å². The van der Waals surface area contributed by atoms with Crippen molar-refractivity contribution in [2.75, 3.05) is 19.7 Å². The molecule has 0 aliphatic carbocycles. The summed E-state index contributed by atoms with van der Waals surface area (Å²) in [6.07, 6.45) is 0.225. The summed E-state index contributed by atoms with van der Waals surface area (Å²) in [6, 6.07) is 0. The molecule has 5 nitrogen and oxygen atoms in total. The normalized spacial score (nSPS) is 12.2. The number of aliphatic hydroxyl groups excluding tert-OH is 1. The van der Waals surface area contributed by atoms with Crippen molar-refractivity contribution >= 4 is 11.9 Å². The van der Waals surface area contributed by atoms with Crippen molar-refractivity contribution in [3.05, 3.63) is 0 Å². The van der Waals surface area contributed by atoms with Crippen molar-refractivity contribution in [1.82, 2.24) is 4.90 Å². The Hall–Kier alpha value is -1.10. The highest BCUT2D eigenvalue weighted by molar-refractivity contribution is 5.77. The molecule has 5 heteroatoms. The molecule has 2 N–H and O–H groups in total. The first-order valence-corrected chi connectivity index (χ1v) is 5.11. The molecule has 15 heavy (non-hydrogen) atoms. The van der Waals surface area contributed by atoms with Gasteiger partial charge in [-0.3, -0.25) is 9.59 Å². The predicted molar refractivity (Wildman–Crippen MR) is 55.4 cm³/mol. The highest BCUT2D eigenvalue weighted by Crippen LogP contribution is 2.09. The molecule has 0 aromatic carbocycles. The Morgan fingerprint density at radius 3 is 2.33 bits per heavy atom. The summed E-state index contributed by atoms with van der Waals surface area (Å²) in [7, 11) is 0. The van der Waals surface area contributed by atoms with E-state index in [4.69, 9.17) is 10.2 Å². The van der Waals surface area contributed by atoms with Gasteiger partial charge >= 0.3 is 5.97 Å². The minimum Gasteiger partial charge on any atom is -0.481 e. The van der Waals surface area contributed by atoms with E-state index in [2.05, 4.69) is 0 Å². The molecule has 0 aromatic rings. The zero-order valence-electron chi connectivity index (χ0n) is 9.27. The summed E-state index contributed by atoms with van der Waals surface area (Å²) in [5, 5.41) is 17.2. The van der Waals surface area contributed by atoms with Crippen LogP contribution in [0.3, 0.4) is 0 Å². The Bertz CT molecular complexity index is 217. The first-order chi connectivity index (χ1) is 7.01. The summed E-state index contributed by atoms with van der Waals surface area (Å²) in [5.41, 5.74) is 0. The van der Waals surface area contributed by atoms with Gasteiger partial charge in [-0.1, -0.05) is 6.92 Å². The summed E-state index contributed by atoms with van der Waals surface area (Å²) < 4.78 is 0. The first-order valence-electron chi connectivity index (χ1n) is 5.11. The van der Waals surface area contributed by atoms with E-state index in [0.29, 0.717) is 13.1 Å². The highest BCUT2D eigenvalue weighted by Gasteiger charge is 2.16. The lowest BCUT2D eigenvalue weighted by atomic mass is 10.0. The van der Waals surface area contributed by atoms with Crippen LogP contribution in [0, 0.1) is 5.92 Å². The lowest BCUT2D eigenvalue weighted by molar-refractivity contribution is -0.138. The first kappa shape index (κ1) is 13.9. The number of amides is 1. The maximum absolute atomic E-state index is 11.6. The molecule has 1 unspecified atom stereocenters. The Morgan fingerprint density at radius 2 is 1.93 bits per heavy atom. The number of rotatable bonds is 7. The fraction of sp³-hybridized carbons (Fsp3) is 0.800. The molecule has 88 valence electrons. The van der Waals surface area contributed by atoms with Crippen LogP contribution in [0.5, 0.6) is 0 Å². The molecule has 0 rings (SSSR count). The number of carboxylic acids is 1. The van der Waals surface area contributed by atoms with Gasteiger partial charge in [0.15, 0.2) is 0 Å². The van der Waals surface area contributed by atoms with E-state index < -0.39 is 5.97 Å². The molecule has 0 radical (unpaired) electrons. The summed E-state index contributed by atoms with van der Waals surface area (Å²) in [4.78, 5) is 23.5. The number of hydrogen-bond acceptors (Lipinski definition) is 3.